The number of thiophene rings is 1. The maximum absolute atomic E-state index is 5.51. The highest BCUT2D eigenvalue weighted by atomic mass is 32.1. The van der Waals surface area contributed by atoms with Gasteiger partial charge in [0, 0.05) is 18.0 Å². The maximum Gasteiger partial charge on any atom is 0.0324 e. The van der Waals surface area contributed by atoms with E-state index in [0.29, 0.717) is 0 Å². The summed E-state index contributed by atoms with van der Waals surface area (Å²) in [6.45, 7) is 5.36. The van der Waals surface area contributed by atoms with Crippen molar-refractivity contribution in [1.82, 2.24) is 4.90 Å². The van der Waals surface area contributed by atoms with Crippen LogP contribution >= 0.6 is 11.3 Å². The summed E-state index contributed by atoms with van der Waals surface area (Å²) < 4.78 is 0. The lowest BCUT2D eigenvalue weighted by Gasteiger charge is -2.20. The van der Waals surface area contributed by atoms with Gasteiger partial charge in [-0.2, -0.15) is 0 Å². The fourth-order valence-corrected chi connectivity index (χ4v) is 2.61. The van der Waals surface area contributed by atoms with E-state index in [0.717, 1.165) is 32.0 Å². The second-order valence-electron chi connectivity index (χ2n) is 4.31. The molecule has 0 bridgehead atoms. The minimum absolute atomic E-state index is 0.749. The molecule has 0 spiro atoms. The van der Waals surface area contributed by atoms with Crippen molar-refractivity contribution in [2.24, 2.45) is 11.7 Å². The second kappa shape index (κ2) is 6.99. The van der Waals surface area contributed by atoms with Crippen LogP contribution in [0.1, 0.15) is 24.6 Å². The van der Waals surface area contributed by atoms with E-state index in [1.165, 1.54) is 11.3 Å². The second-order valence-corrected chi connectivity index (χ2v) is 5.34. The highest BCUT2D eigenvalue weighted by molar-refractivity contribution is 7.09. The summed E-state index contributed by atoms with van der Waals surface area (Å²) in [6.07, 6.45) is 2.39. The van der Waals surface area contributed by atoms with Crippen LogP contribution in [0.25, 0.3) is 0 Å². The normalized spacial score (nSPS) is 13.3. The summed E-state index contributed by atoms with van der Waals surface area (Å²) in [5, 5.41) is 2.14. The predicted octanol–water partition coefficient (Wildman–Crippen LogP) is 2.55. The fourth-order valence-electron chi connectivity index (χ4n) is 1.82. The van der Waals surface area contributed by atoms with Crippen LogP contribution in [0.3, 0.4) is 0 Å². The standard InChI is InChI=1S/C12H22N2S/c1-11(5-3-7-13)9-14(2)10-12-6-4-8-15-12/h4,6,8,11H,3,5,7,9-10,13H2,1-2H3. The van der Waals surface area contributed by atoms with Crippen molar-refractivity contribution in [2.45, 2.75) is 26.3 Å². The minimum atomic E-state index is 0.749. The van der Waals surface area contributed by atoms with Crippen LogP contribution in [0, 0.1) is 5.92 Å². The predicted molar refractivity (Wildman–Crippen MR) is 68.1 cm³/mol. The molecule has 0 aliphatic rings. The van der Waals surface area contributed by atoms with E-state index in [1.54, 1.807) is 0 Å². The summed E-state index contributed by atoms with van der Waals surface area (Å²) in [5.41, 5.74) is 5.51. The monoisotopic (exact) mass is 226 g/mol. The Morgan fingerprint density at radius 1 is 1.53 bits per heavy atom. The van der Waals surface area contributed by atoms with E-state index >= 15 is 0 Å². The number of hydrogen-bond donors (Lipinski definition) is 1. The third-order valence-electron chi connectivity index (χ3n) is 2.53. The minimum Gasteiger partial charge on any atom is -0.330 e. The first-order valence-corrected chi connectivity index (χ1v) is 6.51. The van der Waals surface area contributed by atoms with Crippen molar-refractivity contribution in [3.8, 4) is 0 Å². The summed E-state index contributed by atoms with van der Waals surface area (Å²) in [6, 6.07) is 4.32. The summed E-state index contributed by atoms with van der Waals surface area (Å²) in [5.74, 6) is 0.749. The summed E-state index contributed by atoms with van der Waals surface area (Å²) >= 11 is 1.83. The molecule has 1 aromatic rings. The van der Waals surface area contributed by atoms with Gasteiger partial charge in [-0.25, -0.2) is 0 Å². The number of nitrogens with two attached hydrogens (primary N) is 1. The van der Waals surface area contributed by atoms with E-state index in [1.807, 2.05) is 11.3 Å². The molecule has 15 heavy (non-hydrogen) atoms. The third kappa shape index (κ3) is 5.30. The van der Waals surface area contributed by atoms with Gasteiger partial charge in [-0.3, -0.25) is 0 Å². The molecule has 0 aliphatic carbocycles. The van der Waals surface area contributed by atoms with Gasteiger partial charge in [-0.15, -0.1) is 11.3 Å². The van der Waals surface area contributed by atoms with Crippen molar-refractivity contribution >= 4 is 11.3 Å². The zero-order chi connectivity index (χ0) is 11.1. The highest BCUT2D eigenvalue weighted by Gasteiger charge is 2.06. The lowest BCUT2D eigenvalue weighted by Crippen LogP contribution is -2.24. The molecule has 0 aliphatic heterocycles. The highest BCUT2D eigenvalue weighted by Crippen LogP contribution is 2.13. The molecule has 0 fully saturated rings. The first kappa shape index (κ1) is 12.7. The third-order valence-corrected chi connectivity index (χ3v) is 3.39. The number of hydrogen-bond acceptors (Lipinski definition) is 3. The topological polar surface area (TPSA) is 29.3 Å². The molecule has 86 valence electrons. The van der Waals surface area contributed by atoms with Gasteiger partial charge in [0.2, 0.25) is 0 Å². The van der Waals surface area contributed by atoms with Gasteiger partial charge >= 0.3 is 0 Å². The van der Waals surface area contributed by atoms with Gasteiger partial charge in [-0.1, -0.05) is 13.0 Å². The molecule has 0 saturated heterocycles. The Morgan fingerprint density at radius 3 is 2.93 bits per heavy atom. The zero-order valence-corrected chi connectivity index (χ0v) is 10.6. The van der Waals surface area contributed by atoms with Crippen LogP contribution in [-0.4, -0.2) is 25.0 Å². The van der Waals surface area contributed by atoms with Crippen molar-refractivity contribution in [2.75, 3.05) is 20.1 Å². The molecule has 2 nitrogen and oxygen atoms in total. The van der Waals surface area contributed by atoms with Gasteiger partial charge in [0.15, 0.2) is 0 Å². The zero-order valence-electron chi connectivity index (χ0n) is 9.78. The molecule has 0 saturated carbocycles. The van der Waals surface area contributed by atoms with Crippen LogP contribution in [0.4, 0.5) is 0 Å². The molecule has 3 heteroatoms. The van der Waals surface area contributed by atoms with E-state index in [2.05, 4.69) is 36.4 Å². The van der Waals surface area contributed by atoms with Crippen LogP contribution in [0.5, 0.6) is 0 Å². The molecule has 0 aromatic carbocycles. The van der Waals surface area contributed by atoms with Gasteiger partial charge in [-0.05, 0) is 43.8 Å². The lowest BCUT2D eigenvalue weighted by molar-refractivity contribution is 0.271. The Morgan fingerprint density at radius 2 is 2.33 bits per heavy atom. The molecule has 1 atom stereocenters. The van der Waals surface area contributed by atoms with Crippen molar-refractivity contribution < 1.29 is 0 Å². The lowest BCUT2D eigenvalue weighted by atomic mass is 10.1. The molecule has 0 amide bonds. The number of nitrogens with zero attached hydrogens (tertiary/aromatic N) is 1. The number of rotatable bonds is 7. The van der Waals surface area contributed by atoms with Gasteiger partial charge in [0.05, 0.1) is 0 Å². The first-order chi connectivity index (χ1) is 7.22. The Kier molecular flexibility index (Phi) is 5.91. The average molecular weight is 226 g/mol. The van der Waals surface area contributed by atoms with Gasteiger partial charge < -0.3 is 10.6 Å². The molecular weight excluding hydrogens is 204 g/mol. The fraction of sp³-hybridized carbons (Fsp3) is 0.667. The smallest absolute Gasteiger partial charge is 0.0324 e. The first-order valence-electron chi connectivity index (χ1n) is 5.63. The van der Waals surface area contributed by atoms with E-state index in [4.69, 9.17) is 5.73 Å². The van der Waals surface area contributed by atoms with Crippen molar-refractivity contribution in [1.29, 1.82) is 0 Å². The van der Waals surface area contributed by atoms with E-state index in [9.17, 15) is 0 Å². The molecule has 1 aromatic heterocycles. The quantitative estimate of drug-likeness (QED) is 0.774. The van der Waals surface area contributed by atoms with Crippen LogP contribution in [0.15, 0.2) is 17.5 Å². The van der Waals surface area contributed by atoms with Crippen LogP contribution in [-0.2, 0) is 6.54 Å². The van der Waals surface area contributed by atoms with Crippen molar-refractivity contribution in [3.63, 3.8) is 0 Å². The largest absolute Gasteiger partial charge is 0.330 e. The van der Waals surface area contributed by atoms with E-state index in [-0.39, 0.29) is 0 Å². The Balaban J connectivity index is 2.20. The Bertz CT molecular complexity index is 246. The van der Waals surface area contributed by atoms with Gasteiger partial charge in [0.25, 0.3) is 0 Å². The molecular formula is C12H22N2S. The average Bonchev–Trinajstić information content (AvgIpc) is 2.67. The van der Waals surface area contributed by atoms with Crippen molar-refractivity contribution in [3.05, 3.63) is 22.4 Å². The molecule has 0 radical (unpaired) electrons. The molecule has 1 rings (SSSR count). The molecule has 1 heterocycles. The summed E-state index contributed by atoms with van der Waals surface area (Å²) in [7, 11) is 2.19. The molecule has 1 unspecified atom stereocenters. The molecule has 2 N–H and O–H groups in total. The van der Waals surface area contributed by atoms with Gasteiger partial charge in [0.1, 0.15) is 0 Å². The van der Waals surface area contributed by atoms with E-state index < -0.39 is 0 Å². The Labute approximate surface area is 97.1 Å². The summed E-state index contributed by atoms with van der Waals surface area (Å²) in [4.78, 5) is 3.84. The SMILES string of the molecule is CC(CCCN)CN(C)Cc1cccs1. The van der Waals surface area contributed by atoms with Crippen LogP contribution in [0.2, 0.25) is 0 Å². The Hall–Kier alpha value is -0.380. The van der Waals surface area contributed by atoms with Crippen LogP contribution < -0.4 is 5.73 Å². The maximum atomic E-state index is 5.51.